The van der Waals surface area contributed by atoms with Crippen molar-refractivity contribution in [2.24, 2.45) is 0 Å². The molecule has 0 radical (unpaired) electrons. The van der Waals surface area contributed by atoms with Crippen LogP contribution >= 0.6 is 11.8 Å². The molecule has 0 aromatic carbocycles. The highest BCUT2D eigenvalue weighted by atomic mass is 32.2. The Morgan fingerprint density at radius 2 is 2.42 bits per heavy atom. The number of thioether (sulfide) groups is 1. The topological polar surface area (TPSA) is 23.8 Å². The number of nitrogens with zero attached hydrogens (tertiary/aromatic N) is 1. The molecule has 1 heterocycles. The Morgan fingerprint density at radius 1 is 1.67 bits per heavy atom. The van der Waals surface area contributed by atoms with Gasteiger partial charge in [0, 0.05) is 0 Å². The van der Waals surface area contributed by atoms with Crippen LogP contribution in [0.4, 0.5) is 0 Å². The van der Waals surface area contributed by atoms with E-state index in [0.717, 1.165) is 18.6 Å². The van der Waals surface area contributed by atoms with Crippen LogP contribution in [0.3, 0.4) is 0 Å². The molecule has 1 saturated heterocycles. The summed E-state index contributed by atoms with van der Waals surface area (Å²) in [6.45, 7) is 4.18. The molecule has 1 nitrogen and oxygen atoms in total. The van der Waals surface area contributed by atoms with E-state index in [9.17, 15) is 0 Å². The molecule has 1 aliphatic rings. The number of hydrogen-bond donors (Lipinski definition) is 0. The molecule has 1 rings (SSSR count). The molecule has 0 saturated carbocycles. The SMILES string of the molecule is CC(C)=CCC1(C#N)CCCS1. The van der Waals surface area contributed by atoms with Crippen LogP contribution in [0.1, 0.15) is 33.1 Å². The molecule has 0 bridgehead atoms. The third-order valence-corrected chi connectivity index (χ3v) is 3.65. The van der Waals surface area contributed by atoms with Crippen LogP contribution in [0, 0.1) is 11.3 Å². The summed E-state index contributed by atoms with van der Waals surface area (Å²) in [5, 5.41) is 9.03. The van der Waals surface area contributed by atoms with E-state index in [1.807, 2.05) is 11.8 Å². The van der Waals surface area contributed by atoms with Crippen LogP contribution in [0.25, 0.3) is 0 Å². The molecule has 1 unspecified atom stereocenters. The summed E-state index contributed by atoms with van der Waals surface area (Å²) in [5.74, 6) is 1.16. The second kappa shape index (κ2) is 4.00. The first kappa shape index (κ1) is 9.67. The molecule has 1 aliphatic heterocycles. The molecule has 12 heavy (non-hydrogen) atoms. The Bertz CT molecular complexity index is 214. The number of nitriles is 1. The zero-order valence-electron chi connectivity index (χ0n) is 7.76. The average molecular weight is 181 g/mol. The van der Waals surface area contributed by atoms with E-state index >= 15 is 0 Å². The molecule has 2 heteroatoms. The van der Waals surface area contributed by atoms with E-state index in [4.69, 9.17) is 5.26 Å². The molecule has 0 aromatic heterocycles. The summed E-state index contributed by atoms with van der Waals surface area (Å²) in [6, 6.07) is 2.45. The second-order valence-electron chi connectivity index (χ2n) is 3.54. The average Bonchev–Trinajstić information content (AvgIpc) is 2.50. The van der Waals surface area contributed by atoms with Gasteiger partial charge < -0.3 is 0 Å². The van der Waals surface area contributed by atoms with Crippen molar-refractivity contribution in [2.45, 2.75) is 37.9 Å². The first-order chi connectivity index (χ1) is 5.68. The third-order valence-electron chi connectivity index (χ3n) is 2.15. The molecular weight excluding hydrogens is 166 g/mol. The van der Waals surface area contributed by atoms with Crippen LogP contribution in [-0.2, 0) is 0 Å². The molecule has 66 valence electrons. The van der Waals surface area contributed by atoms with Gasteiger partial charge in [0.15, 0.2) is 0 Å². The van der Waals surface area contributed by atoms with Crippen molar-refractivity contribution in [2.75, 3.05) is 5.75 Å². The standard InChI is InChI=1S/C10H15NS/c1-9(2)4-6-10(8-11)5-3-7-12-10/h4H,3,5-7H2,1-2H3. The lowest BCUT2D eigenvalue weighted by Crippen LogP contribution is -2.16. The molecule has 0 spiro atoms. The van der Waals surface area contributed by atoms with Gasteiger partial charge in [0.2, 0.25) is 0 Å². The van der Waals surface area contributed by atoms with Crippen LogP contribution < -0.4 is 0 Å². The Hall–Kier alpha value is -0.420. The summed E-state index contributed by atoms with van der Waals surface area (Å²) in [6.07, 6.45) is 5.38. The van der Waals surface area contributed by atoms with Gasteiger partial charge in [-0.05, 0) is 38.9 Å². The van der Waals surface area contributed by atoms with Gasteiger partial charge in [-0.1, -0.05) is 11.6 Å². The van der Waals surface area contributed by atoms with Crippen molar-refractivity contribution in [3.8, 4) is 6.07 Å². The summed E-state index contributed by atoms with van der Waals surface area (Å²) in [7, 11) is 0. The highest BCUT2D eigenvalue weighted by molar-refractivity contribution is 8.01. The Balaban J connectivity index is 2.58. The maximum atomic E-state index is 9.03. The zero-order valence-corrected chi connectivity index (χ0v) is 8.58. The van der Waals surface area contributed by atoms with E-state index in [1.165, 1.54) is 12.0 Å². The summed E-state index contributed by atoms with van der Waals surface area (Å²) in [5.41, 5.74) is 1.32. The lowest BCUT2D eigenvalue weighted by atomic mass is 10.00. The molecule has 0 amide bonds. The van der Waals surface area contributed by atoms with Crippen LogP contribution in [0.2, 0.25) is 0 Å². The summed E-state index contributed by atoms with van der Waals surface area (Å²) >= 11 is 1.83. The van der Waals surface area contributed by atoms with Crippen LogP contribution in [0.5, 0.6) is 0 Å². The van der Waals surface area contributed by atoms with Crippen molar-refractivity contribution in [1.29, 1.82) is 5.26 Å². The normalized spacial score (nSPS) is 28.1. The minimum Gasteiger partial charge on any atom is -0.197 e. The van der Waals surface area contributed by atoms with Crippen molar-refractivity contribution in [1.82, 2.24) is 0 Å². The maximum absolute atomic E-state index is 9.03. The quantitative estimate of drug-likeness (QED) is 0.611. The van der Waals surface area contributed by atoms with Crippen molar-refractivity contribution < 1.29 is 0 Å². The highest BCUT2D eigenvalue weighted by Gasteiger charge is 2.33. The van der Waals surface area contributed by atoms with E-state index in [1.54, 1.807) is 0 Å². The smallest absolute Gasteiger partial charge is 0.106 e. The summed E-state index contributed by atoms with van der Waals surface area (Å²) < 4.78 is -0.0860. The first-order valence-corrected chi connectivity index (χ1v) is 5.36. The second-order valence-corrected chi connectivity index (χ2v) is 5.02. The monoisotopic (exact) mass is 181 g/mol. The van der Waals surface area contributed by atoms with E-state index in [0.29, 0.717) is 0 Å². The van der Waals surface area contributed by atoms with Gasteiger partial charge in [0.25, 0.3) is 0 Å². The zero-order chi connectivity index (χ0) is 9.03. The van der Waals surface area contributed by atoms with Gasteiger partial charge in [-0.15, -0.1) is 11.8 Å². The van der Waals surface area contributed by atoms with Crippen molar-refractivity contribution in [3.63, 3.8) is 0 Å². The molecule has 0 aliphatic carbocycles. The number of rotatable bonds is 2. The Kier molecular flexibility index (Phi) is 3.22. The third kappa shape index (κ3) is 2.28. The molecule has 1 atom stereocenters. The van der Waals surface area contributed by atoms with Gasteiger partial charge in [0.1, 0.15) is 4.75 Å². The minimum absolute atomic E-state index is 0.0860. The van der Waals surface area contributed by atoms with E-state index in [2.05, 4.69) is 26.0 Å². The number of allylic oxidation sites excluding steroid dienone is 2. The van der Waals surface area contributed by atoms with Gasteiger partial charge >= 0.3 is 0 Å². The van der Waals surface area contributed by atoms with Crippen LogP contribution in [-0.4, -0.2) is 10.5 Å². The Labute approximate surface area is 78.8 Å². The molecular formula is C10H15NS. The van der Waals surface area contributed by atoms with Gasteiger partial charge in [-0.3, -0.25) is 0 Å². The Morgan fingerprint density at radius 3 is 2.83 bits per heavy atom. The van der Waals surface area contributed by atoms with E-state index < -0.39 is 0 Å². The first-order valence-electron chi connectivity index (χ1n) is 4.37. The summed E-state index contributed by atoms with van der Waals surface area (Å²) in [4.78, 5) is 0. The van der Waals surface area contributed by atoms with Crippen molar-refractivity contribution in [3.05, 3.63) is 11.6 Å². The molecule has 1 fully saturated rings. The fourth-order valence-electron chi connectivity index (χ4n) is 1.36. The molecule has 0 N–H and O–H groups in total. The predicted molar refractivity (Wildman–Crippen MR) is 54.1 cm³/mol. The highest BCUT2D eigenvalue weighted by Crippen LogP contribution is 2.40. The lowest BCUT2D eigenvalue weighted by Gasteiger charge is -2.16. The predicted octanol–water partition coefficient (Wildman–Crippen LogP) is 3.13. The number of hydrogen-bond acceptors (Lipinski definition) is 2. The van der Waals surface area contributed by atoms with Crippen LogP contribution in [0.15, 0.2) is 11.6 Å². The van der Waals surface area contributed by atoms with Gasteiger partial charge in [-0.2, -0.15) is 5.26 Å². The van der Waals surface area contributed by atoms with E-state index in [-0.39, 0.29) is 4.75 Å². The largest absolute Gasteiger partial charge is 0.197 e. The maximum Gasteiger partial charge on any atom is 0.106 e. The fraction of sp³-hybridized carbons (Fsp3) is 0.700. The van der Waals surface area contributed by atoms with Gasteiger partial charge in [0.05, 0.1) is 6.07 Å². The molecule has 0 aromatic rings. The van der Waals surface area contributed by atoms with Crippen molar-refractivity contribution >= 4 is 11.8 Å². The minimum atomic E-state index is -0.0860. The lowest BCUT2D eigenvalue weighted by molar-refractivity contribution is 0.683. The fourth-order valence-corrected chi connectivity index (χ4v) is 2.60. The van der Waals surface area contributed by atoms with Gasteiger partial charge in [-0.25, -0.2) is 0 Å².